The standard InChI is InChI=1S/C16H16BrN3/c1-11-19-14-7-2-3-8-15(14)20(11)16(10-18)12-5-4-6-13(17)9-12/h2-9,16H,10,18H2,1H3. The number of rotatable bonds is 3. The molecule has 0 amide bonds. The summed E-state index contributed by atoms with van der Waals surface area (Å²) in [6.45, 7) is 2.57. The number of nitrogens with zero attached hydrogens (tertiary/aromatic N) is 2. The molecule has 1 aromatic heterocycles. The van der Waals surface area contributed by atoms with E-state index in [1.165, 1.54) is 5.56 Å². The maximum atomic E-state index is 6.04. The van der Waals surface area contributed by atoms with Gasteiger partial charge in [0, 0.05) is 11.0 Å². The van der Waals surface area contributed by atoms with Gasteiger partial charge in [0.1, 0.15) is 5.82 Å². The van der Waals surface area contributed by atoms with Crippen molar-refractivity contribution >= 4 is 27.0 Å². The molecule has 2 N–H and O–H groups in total. The molecule has 0 aliphatic rings. The van der Waals surface area contributed by atoms with Crippen molar-refractivity contribution in [3.05, 3.63) is 64.4 Å². The molecule has 0 saturated carbocycles. The van der Waals surface area contributed by atoms with E-state index in [0.717, 1.165) is 21.3 Å². The van der Waals surface area contributed by atoms with Crippen molar-refractivity contribution < 1.29 is 0 Å². The van der Waals surface area contributed by atoms with E-state index in [2.05, 4.69) is 43.7 Å². The lowest BCUT2D eigenvalue weighted by atomic mass is 10.1. The average Bonchev–Trinajstić information content (AvgIpc) is 2.77. The molecular formula is C16H16BrN3. The molecule has 3 aromatic rings. The number of aromatic nitrogens is 2. The minimum absolute atomic E-state index is 0.0971. The van der Waals surface area contributed by atoms with E-state index < -0.39 is 0 Å². The molecule has 0 aliphatic carbocycles. The Morgan fingerprint density at radius 3 is 2.75 bits per heavy atom. The van der Waals surface area contributed by atoms with E-state index in [0.29, 0.717) is 6.54 Å². The van der Waals surface area contributed by atoms with E-state index in [1.807, 2.05) is 37.3 Å². The zero-order valence-corrected chi connectivity index (χ0v) is 12.8. The van der Waals surface area contributed by atoms with Gasteiger partial charge in [-0.3, -0.25) is 0 Å². The number of halogens is 1. The van der Waals surface area contributed by atoms with Crippen LogP contribution in [0.25, 0.3) is 11.0 Å². The molecule has 0 fully saturated rings. The zero-order valence-electron chi connectivity index (χ0n) is 11.3. The highest BCUT2D eigenvalue weighted by molar-refractivity contribution is 9.10. The predicted molar refractivity (Wildman–Crippen MR) is 85.8 cm³/mol. The number of imidazole rings is 1. The van der Waals surface area contributed by atoms with Gasteiger partial charge in [-0.2, -0.15) is 0 Å². The third-order valence-electron chi connectivity index (χ3n) is 3.54. The maximum absolute atomic E-state index is 6.04. The number of hydrogen-bond donors (Lipinski definition) is 1. The molecule has 102 valence electrons. The fraction of sp³-hybridized carbons (Fsp3) is 0.188. The highest BCUT2D eigenvalue weighted by Crippen LogP contribution is 2.26. The zero-order chi connectivity index (χ0) is 14.1. The minimum atomic E-state index is 0.0971. The van der Waals surface area contributed by atoms with Gasteiger partial charge in [-0.25, -0.2) is 4.98 Å². The topological polar surface area (TPSA) is 43.8 Å². The number of fused-ring (bicyclic) bond motifs is 1. The third kappa shape index (κ3) is 2.25. The summed E-state index contributed by atoms with van der Waals surface area (Å²) in [6, 6.07) is 16.6. The van der Waals surface area contributed by atoms with Gasteiger partial charge in [0.2, 0.25) is 0 Å². The van der Waals surface area contributed by atoms with E-state index in [1.54, 1.807) is 0 Å². The second kappa shape index (κ2) is 5.38. The number of nitrogens with two attached hydrogens (primary N) is 1. The van der Waals surface area contributed by atoms with Crippen LogP contribution in [0.15, 0.2) is 53.0 Å². The molecule has 0 radical (unpaired) electrons. The number of aryl methyl sites for hydroxylation is 1. The summed E-state index contributed by atoms with van der Waals surface area (Å²) in [6.07, 6.45) is 0. The Balaban J connectivity index is 2.19. The van der Waals surface area contributed by atoms with Crippen LogP contribution in [0.1, 0.15) is 17.4 Å². The first-order valence-electron chi connectivity index (χ1n) is 6.60. The molecule has 0 aliphatic heterocycles. The summed E-state index contributed by atoms with van der Waals surface area (Å²) in [5.74, 6) is 0.988. The van der Waals surface area contributed by atoms with Crippen LogP contribution in [0.5, 0.6) is 0 Å². The first-order chi connectivity index (χ1) is 9.70. The van der Waals surface area contributed by atoms with Gasteiger partial charge in [-0.05, 0) is 36.8 Å². The molecule has 0 spiro atoms. The van der Waals surface area contributed by atoms with E-state index in [4.69, 9.17) is 5.73 Å². The van der Waals surface area contributed by atoms with Crippen molar-refractivity contribution in [3.63, 3.8) is 0 Å². The van der Waals surface area contributed by atoms with Gasteiger partial charge in [0.15, 0.2) is 0 Å². The van der Waals surface area contributed by atoms with Gasteiger partial charge in [-0.1, -0.05) is 40.2 Å². The first kappa shape index (κ1) is 13.3. The van der Waals surface area contributed by atoms with Crippen LogP contribution in [0.4, 0.5) is 0 Å². The molecule has 2 aromatic carbocycles. The Bertz CT molecular complexity index is 748. The summed E-state index contributed by atoms with van der Waals surface area (Å²) < 4.78 is 3.28. The quantitative estimate of drug-likeness (QED) is 0.796. The van der Waals surface area contributed by atoms with Gasteiger partial charge in [0.25, 0.3) is 0 Å². The fourth-order valence-corrected chi connectivity index (χ4v) is 3.08. The lowest BCUT2D eigenvalue weighted by molar-refractivity contribution is 0.594. The Morgan fingerprint density at radius 2 is 2.00 bits per heavy atom. The largest absolute Gasteiger partial charge is 0.328 e. The van der Waals surface area contributed by atoms with Crippen LogP contribution in [0, 0.1) is 6.92 Å². The van der Waals surface area contributed by atoms with Gasteiger partial charge < -0.3 is 10.3 Å². The molecule has 1 heterocycles. The summed E-state index contributed by atoms with van der Waals surface area (Å²) >= 11 is 3.53. The van der Waals surface area contributed by atoms with E-state index in [9.17, 15) is 0 Å². The van der Waals surface area contributed by atoms with Gasteiger partial charge >= 0.3 is 0 Å². The number of hydrogen-bond acceptors (Lipinski definition) is 2. The molecule has 4 heteroatoms. The molecule has 3 nitrogen and oxygen atoms in total. The summed E-state index contributed by atoms with van der Waals surface area (Å²) in [4.78, 5) is 4.63. The molecule has 1 atom stereocenters. The molecule has 20 heavy (non-hydrogen) atoms. The van der Waals surface area contributed by atoms with Crippen LogP contribution < -0.4 is 5.73 Å². The predicted octanol–water partition coefficient (Wildman–Crippen LogP) is 3.66. The van der Waals surface area contributed by atoms with E-state index >= 15 is 0 Å². The fourth-order valence-electron chi connectivity index (χ4n) is 2.66. The van der Waals surface area contributed by atoms with E-state index in [-0.39, 0.29) is 6.04 Å². The summed E-state index contributed by atoms with van der Waals surface area (Å²) in [7, 11) is 0. The van der Waals surface area contributed by atoms with Crippen LogP contribution in [-0.4, -0.2) is 16.1 Å². The SMILES string of the molecule is Cc1nc2ccccc2n1C(CN)c1cccc(Br)c1. The number of para-hydroxylation sites is 2. The van der Waals surface area contributed by atoms with Crippen molar-refractivity contribution in [2.24, 2.45) is 5.73 Å². The monoisotopic (exact) mass is 329 g/mol. The average molecular weight is 330 g/mol. The third-order valence-corrected chi connectivity index (χ3v) is 4.03. The van der Waals surface area contributed by atoms with Crippen LogP contribution in [-0.2, 0) is 0 Å². The smallest absolute Gasteiger partial charge is 0.107 e. The van der Waals surface area contributed by atoms with Gasteiger partial charge in [0.05, 0.1) is 17.1 Å². The van der Waals surface area contributed by atoms with Crippen molar-refractivity contribution in [2.75, 3.05) is 6.54 Å². The van der Waals surface area contributed by atoms with Crippen molar-refractivity contribution in [1.82, 2.24) is 9.55 Å². The molecular weight excluding hydrogens is 314 g/mol. The summed E-state index contributed by atoms with van der Waals surface area (Å²) in [5.41, 5.74) is 9.37. The molecule has 0 bridgehead atoms. The number of benzene rings is 2. The summed E-state index contributed by atoms with van der Waals surface area (Å²) in [5, 5.41) is 0. The Hall–Kier alpha value is -1.65. The molecule has 0 saturated heterocycles. The highest BCUT2D eigenvalue weighted by Gasteiger charge is 2.17. The maximum Gasteiger partial charge on any atom is 0.107 e. The van der Waals surface area contributed by atoms with Crippen LogP contribution in [0.2, 0.25) is 0 Å². The van der Waals surface area contributed by atoms with Crippen LogP contribution >= 0.6 is 15.9 Å². The van der Waals surface area contributed by atoms with Crippen LogP contribution in [0.3, 0.4) is 0 Å². The second-order valence-corrected chi connectivity index (χ2v) is 5.74. The Labute approximate surface area is 126 Å². The van der Waals surface area contributed by atoms with Crippen molar-refractivity contribution in [2.45, 2.75) is 13.0 Å². The van der Waals surface area contributed by atoms with Crippen molar-refractivity contribution in [1.29, 1.82) is 0 Å². The van der Waals surface area contributed by atoms with Crippen molar-refractivity contribution in [3.8, 4) is 0 Å². The first-order valence-corrected chi connectivity index (χ1v) is 7.39. The highest BCUT2D eigenvalue weighted by atomic mass is 79.9. The lowest BCUT2D eigenvalue weighted by Gasteiger charge is -2.20. The Morgan fingerprint density at radius 1 is 1.20 bits per heavy atom. The second-order valence-electron chi connectivity index (χ2n) is 4.82. The Kier molecular flexibility index (Phi) is 3.59. The minimum Gasteiger partial charge on any atom is -0.328 e. The van der Waals surface area contributed by atoms with Gasteiger partial charge in [-0.15, -0.1) is 0 Å². The lowest BCUT2D eigenvalue weighted by Crippen LogP contribution is -2.21. The molecule has 3 rings (SSSR count). The molecule has 1 unspecified atom stereocenters. The normalized spacial score (nSPS) is 12.8.